The Morgan fingerprint density at radius 1 is 1.06 bits per heavy atom. The number of likely N-dealkylation sites (tertiary alicyclic amines) is 2. The van der Waals surface area contributed by atoms with Crippen LogP contribution in [0.4, 0.5) is 0 Å². The highest BCUT2D eigenvalue weighted by molar-refractivity contribution is 5.80. The van der Waals surface area contributed by atoms with Gasteiger partial charge in [0.15, 0.2) is 0 Å². The first-order valence-corrected chi connectivity index (χ1v) is 11.5. The van der Waals surface area contributed by atoms with Crippen molar-refractivity contribution in [3.8, 4) is 0 Å². The third kappa shape index (κ3) is 4.65. The molecule has 31 heavy (non-hydrogen) atoms. The number of hydrogen-bond donors (Lipinski definition) is 0. The standard InChI is InChI=1S/C24H32N4O3/c1-17-6-5-12-27(16-17)23(30)19-9-13-26(14-10-19)22(29)11-15-28-18(2)25-21-8-4-3-7-20(21)24(28)31/h3-4,7-8,17,19H,5-6,9-16H2,1-2H3/t17-/m1/s1. The van der Waals surface area contributed by atoms with E-state index in [1.54, 1.807) is 17.6 Å². The molecule has 0 radical (unpaired) electrons. The number of aromatic nitrogens is 2. The molecule has 0 saturated carbocycles. The molecule has 2 aromatic rings. The molecule has 2 aliphatic heterocycles. The molecule has 0 aliphatic carbocycles. The number of carbonyl (C=O) groups is 2. The van der Waals surface area contributed by atoms with Gasteiger partial charge in [0, 0.05) is 45.1 Å². The molecule has 3 heterocycles. The quantitative estimate of drug-likeness (QED) is 0.756. The van der Waals surface area contributed by atoms with Gasteiger partial charge < -0.3 is 9.80 Å². The summed E-state index contributed by atoms with van der Waals surface area (Å²) in [4.78, 5) is 46.8. The molecule has 7 nitrogen and oxygen atoms in total. The minimum absolute atomic E-state index is 0.0314. The number of benzene rings is 1. The molecule has 2 aliphatic rings. The summed E-state index contributed by atoms with van der Waals surface area (Å²) >= 11 is 0. The van der Waals surface area contributed by atoms with E-state index in [0.29, 0.717) is 42.3 Å². The summed E-state index contributed by atoms with van der Waals surface area (Å²) in [6.45, 7) is 7.30. The van der Waals surface area contributed by atoms with Crippen LogP contribution < -0.4 is 5.56 Å². The van der Waals surface area contributed by atoms with Crippen molar-refractivity contribution in [3.63, 3.8) is 0 Å². The van der Waals surface area contributed by atoms with Gasteiger partial charge in [0.25, 0.3) is 5.56 Å². The molecule has 0 spiro atoms. The zero-order chi connectivity index (χ0) is 22.0. The Labute approximate surface area is 183 Å². The second-order valence-corrected chi connectivity index (χ2v) is 9.07. The van der Waals surface area contributed by atoms with Crippen LogP contribution in [0, 0.1) is 18.8 Å². The van der Waals surface area contributed by atoms with Crippen molar-refractivity contribution in [3.05, 3.63) is 40.4 Å². The number of amides is 2. The predicted octanol–water partition coefficient (Wildman–Crippen LogP) is 2.59. The molecule has 0 unspecified atom stereocenters. The van der Waals surface area contributed by atoms with Gasteiger partial charge >= 0.3 is 0 Å². The monoisotopic (exact) mass is 424 g/mol. The van der Waals surface area contributed by atoms with Crippen molar-refractivity contribution < 1.29 is 9.59 Å². The van der Waals surface area contributed by atoms with Crippen LogP contribution in [0.25, 0.3) is 10.9 Å². The topological polar surface area (TPSA) is 75.5 Å². The van der Waals surface area contributed by atoms with Crippen molar-refractivity contribution in [2.45, 2.75) is 52.5 Å². The maximum absolute atomic E-state index is 12.8. The molecule has 1 aromatic heterocycles. The van der Waals surface area contributed by atoms with Crippen molar-refractivity contribution in [2.24, 2.45) is 11.8 Å². The lowest BCUT2D eigenvalue weighted by Crippen LogP contribution is -2.47. The smallest absolute Gasteiger partial charge is 0.261 e. The van der Waals surface area contributed by atoms with Crippen molar-refractivity contribution in [2.75, 3.05) is 26.2 Å². The van der Waals surface area contributed by atoms with E-state index in [1.165, 1.54) is 6.42 Å². The highest BCUT2D eigenvalue weighted by atomic mass is 16.2. The molecule has 4 rings (SSSR count). The van der Waals surface area contributed by atoms with Crippen LogP contribution >= 0.6 is 0 Å². The summed E-state index contributed by atoms with van der Waals surface area (Å²) < 4.78 is 1.59. The average Bonchev–Trinajstić information content (AvgIpc) is 2.78. The Kier molecular flexibility index (Phi) is 6.39. The molecule has 2 saturated heterocycles. The van der Waals surface area contributed by atoms with E-state index in [2.05, 4.69) is 11.9 Å². The van der Waals surface area contributed by atoms with E-state index in [9.17, 15) is 14.4 Å². The predicted molar refractivity (Wildman–Crippen MR) is 120 cm³/mol. The zero-order valence-corrected chi connectivity index (χ0v) is 18.5. The summed E-state index contributed by atoms with van der Waals surface area (Å²) in [5.41, 5.74) is 0.582. The van der Waals surface area contributed by atoms with Crippen molar-refractivity contribution in [1.29, 1.82) is 0 Å². The molecule has 7 heteroatoms. The number of rotatable bonds is 4. The van der Waals surface area contributed by atoms with Gasteiger partial charge in [-0.25, -0.2) is 4.98 Å². The fraction of sp³-hybridized carbons (Fsp3) is 0.583. The molecular weight excluding hydrogens is 392 g/mol. The molecule has 2 amide bonds. The SMILES string of the molecule is Cc1nc2ccccc2c(=O)n1CCC(=O)N1CCC(C(=O)N2CCC[C@@H](C)C2)CC1. The Balaban J connectivity index is 1.32. The third-order valence-corrected chi connectivity index (χ3v) is 6.77. The van der Waals surface area contributed by atoms with Crippen LogP contribution in [0.2, 0.25) is 0 Å². The number of nitrogens with zero attached hydrogens (tertiary/aromatic N) is 4. The molecule has 1 atom stereocenters. The largest absolute Gasteiger partial charge is 0.343 e. The minimum Gasteiger partial charge on any atom is -0.343 e. The van der Waals surface area contributed by atoms with E-state index in [-0.39, 0.29) is 29.7 Å². The second kappa shape index (κ2) is 9.20. The van der Waals surface area contributed by atoms with Gasteiger partial charge in [-0.1, -0.05) is 19.1 Å². The summed E-state index contributed by atoms with van der Waals surface area (Å²) in [7, 11) is 0. The fourth-order valence-corrected chi connectivity index (χ4v) is 4.93. The summed E-state index contributed by atoms with van der Waals surface area (Å²) in [6, 6.07) is 7.29. The highest BCUT2D eigenvalue weighted by Gasteiger charge is 2.31. The van der Waals surface area contributed by atoms with Crippen LogP contribution in [-0.2, 0) is 16.1 Å². The molecule has 0 bridgehead atoms. The summed E-state index contributed by atoms with van der Waals surface area (Å²) in [5.74, 6) is 1.54. The summed E-state index contributed by atoms with van der Waals surface area (Å²) in [6.07, 6.45) is 4.01. The Morgan fingerprint density at radius 2 is 1.81 bits per heavy atom. The maximum atomic E-state index is 12.8. The van der Waals surface area contributed by atoms with E-state index < -0.39 is 0 Å². The lowest BCUT2D eigenvalue weighted by Gasteiger charge is -2.37. The van der Waals surface area contributed by atoms with Crippen LogP contribution in [0.1, 0.15) is 44.9 Å². The van der Waals surface area contributed by atoms with Gasteiger partial charge in [-0.3, -0.25) is 19.0 Å². The molecule has 2 fully saturated rings. The molecule has 166 valence electrons. The van der Waals surface area contributed by atoms with Gasteiger partial charge in [0.2, 0.25) is 11.8 Å². The highest BCUT2D eigenvalue weighted by Crippen LogP contribution is 2.24. The number of carbonyl (C=O) groups excluding carboxylic acids is 2. The number of hydrogen-bond acceptors (Lipinski definition) is 4. The zero-order valence-electron chi connectivity index (χ0n) is 18.5. The van der Waals surface area contributed by atoms with Gasteiger partial charge in [0.05, 0.1) is 10.9 Å². The van der Waals surface area contributed by atoms with Crippen molar-refractivity contribution >= 4 is 22.7 Å². The first kappa shape index (κ1) is 21.5. The van der Waals surface area contributed by atoms with E-state index >= 15 is 0 Å². The maximum Gasteiger partial charge on any atom is 0.261 e. The van der Waals surface area contributed by atoms with Gasteiger partial charge in [-0.15, -0.1) is 0 Å². The summed E-state index contributed by atoms with van der Waals surface area (Å²) in [5, 5.41) is 0.576. The lowest BCUT2D eigenvalue weighted by atomic mass is 9.92. The average molecular weight is 425 g/mol. The van der Waals surface area contributed by atoms with Crippen LogP contribution in [-0.4, -0.2) is 57.3 Å². The Bertz CT molecular complexity index is 1020. The van der Waals surface area contributed by atoms with Gasteiger partial charge in [-0.05, 0) is 50.7 Å². The van der Waals surface area contributed by atoms with Crippen molar-refractivity contribution in [1.82, 2.24) is 19.4 Å². The Hall–Kier alpha value is -2.70. The van der Waals surface area contributed by atoms with E-state index in [0.717, 1.165) is 32.4 Å². The van der Waals surface area contributed by atoms with Crippen LogP contribution in [0.3, 0.4) is 0 Å². The second-order valence-electron chi connectivity index (χ2n) is 9.07. The van der Waals surface area contributed by atoms with Crippen LogP contribution in [0.15, 0.2) is 29.1 Å². The minimum atomic E-state index is -0.101. The fourth-order valence-electron chi connectivity index (χ4n) is 4.93. The number of aryl methyl sites for hydroxylation is 1. The number of piperidine rings is 2. The first-order chi connectivity index (χ1) is 14.9. The molecule has 0 N–H and O–H groups in total. The third-order valence-electron chi connectivity index (χ3n) is 6.77. The van der Waals surface area contributed by atoms with Gasteiger partial charge in [0.1, 0.15) is 5.82 Å². The van der Waals surface area contributed by atoms with Crippen LogP contribution in [0.5, 0.6) is 0 Å². The van der Waals surface area contributed by atoms with Gasteiger partial charge in [-0.2, -0.15) is 0 Å². The van der Waals surface area contributed by atoms with E-state index in [4.69, 9.17) is 0 Å². The normalized spacial score (nSPS) is 20.3. The molecule has 1 aromatic carbocycles. The lowest BCUT2D eigenvalue weighted by molar-refractivity contribution is -0.142. The Morgan fingerprint density at radius 3 is 2.55 bits per heavy atom. The molecular formula is C24H32N4O3. The van der Waals surface area contributed by atoms with E-state index in [1.807, 2.05) is 28.0 Å². The number of fused-ring (bicyclic) bond motifs is 1. The first-order valence-electron chi connectivity index (χ1n) is 11.5. The number of para-hydroxylation sites is 1.